The number of aromatic nitrogens is 2. The number of rotatable bonds is 20. The van der Waals surface area contributed by atoms with E-state index in [1.165, 1.54) is 49.8 Å². The Kier molecular flexibility index (Phi) is 38.5. The number of alkyl halides is 9. The van der Waals surface area contributed by atoms with Gasteiger partial charge in [0.05, 0.1) is 71.3 Å². The van der Waals surface area contributed by atoms with Crippen molar-refractivity contribution in [1.82, 2.24) is 9.97 Å². The van der Waals surface area contributed by atoms with E-state index in [4.69, 9.17) is 77.1 Å². The number of ketones is 4. The number of methoxy groups -OCH3 is 2. The molecule has 0 aliphatic rings. The van der Waals surface area contributed by atoms with Crippen molar-refractivity contribution in [2.24, 2.45) is 0 Å². The monoisotopic (exact) mass is 1690 g/mol. The van der Waals surface area contributed by atoms with E-state index >= 15 is 0 Å². The largest absolute Gasteiger partial charge is 0.508 e. The number of carbonyl (C=O) groups excluding carboxylic acids is 5. The highest BCUT2D eigenvalue weighted by Crippen LogP contribution is 2.39. The first kappa shape index (κ1) is 96.9. The van der Waals surface area contributed by atoms with Crippen molar-refractivity contribution in [2.75, 3.05) is 20.0 Å². The van der Waals surface area contributed by atoms with Gasteiger partial charge in [-0.05, 0) is 192 Å². The summed E-state index contributed by atoms with van der Waals surface area (Å²) in [6, 6.07) is 44.4. The number of nitrogens with two attached hydrogens (primary N) is 1. The average molecular weight is 1690 g/mol. The Hall–Kier alpha value is -11.5. The molecule has 116 heavy (non-hydrogen) atoms. The predicted octanol–water partition coefficient (Wildman–Crippen LogP) is 21.6. The fourth-order valence-corrected chi connectivity index (χ4v) is 11.1. The number of phenols is 3. The molecule has 0 saturated heterocycles. The first-order valence-corrected chi connectivity index (χ1v) is 36.3. The van der Waals surface area contributed by atoms with Crippen molar-refractivity contribution in [3.8, 4) is 40.6 Å². The van der Waals surface area contributed by atoms with Gasteiger partial charge in [0.1, 0.15) is 57.5 Å². The summed E-state index contributed by atoms with van der Waals surface area (Å²) in [4.78, 5) is 76.5. The fraction of sp³-hybridized carbons (Fsp3) is 0.244. The maximum atomic E-state index is 13.0. The van der Waals surface area contributed by atoms with Gasteiger partial charge in [-0.2, -0.15) is 44.8 Å². The number of carboxylic acid groups (broad SMARTS) is 1. The molecule has 17 nitrogen and oxygen atoms in total. The number of phenolic OH excluding ortho intramolecular Hbond substituents is 3. The van der Waals surface area contributed by atoms with Gasteiger partial charge in [-0.3, -0.25) is 38.7 Å². The molecule has 2 aromatic heterocycles. The molecule has 0 spiro atoms. The van der Waals surface area contributed by atoms with Crippen LogP contribution in [0.2, 0.25) is 20.1 Å². The van der Waals surface area contributed by atoms with E-state index in [-0.39, 0.29) is 112 Å². The van der Waals surface area contributed by atoms with Crippen molar-refractivity contribution in [3.05, 3.63) is 297 Å². The lowest BCUT2D eigenvalue weighted by Crippen LogP contribution is -2.10. The highest BCUT2D eigenvalue weighted by Gasteiger charge is 2.35. The molecule has 0 aliphatic heterocycles. The molecule has 0 saturated carbocycles. The number of ether oxygens (including phenoxy) is 3. The molecule has 0 bridgehead atoms. The Morgan fingerprint density at radius 2 is 0.793 bits per heavy atom. The quantitative estimate of drug-likeness (QED) is 0.0205. The molecule has 0 aliphatic carbocycles. The Bertz CT molecular complexity index is 5110. The standard InChI is InChI=1S/C25H21ClF3NO3.C17H14ClF3O2.C10H11NO.C10H12O3.C9H10O3.C8H8ClNO.C7H5ClF3N/c1-3-23(32)22-14-19(8-9-30-22)33-24-7-5-16(10-15(24)2)11-18(31)12-17-4-6-21(26)20(13-17)25(27,28)29;1-10-6-11(3-5-16(10)23)7-13(22)8-12-2-4-15(18)14(9-12)17(19,20)21;1-8-7-9(5-6-11)3-4-10(8)12-2;1-7-5-8(3-4-9(7)11)6-10(12)13-2;1-6-4-7(5-9(11)12)2-3-8(6)10;1-2-8(11)7-5-6(9)3-4-10-7;8-6-2-1-4(12)3-5(6)7(9,10)11/h4-10,13-14H,3,11-12H2,1-2H3;2-6,9,23H,7-8H2,1H3;3-4,7H,5H2,1-2H3;3-5,11H,6H2,1-2H3;2-4,10H,5H2,1H3,(H,11,12);3-5H,2H2,1H3;1-3H,12H2. The second kappa shape index (κ2) is 46.1. The van der Waals surface area contributed by atoms with E-state index in [1.807, 2.05) is 32.0 Å². The van der Waals surface area contributed by atoms with Gasteiger partial charge in [-0.1, -0.05) is 133 Å². The third-order valence-corrected chi connectivity index (χ3v) is 17.4. The Balaban J connectivity index is 0.000000299. The minimum atomic E-state index is -4.58. The fourth-order valence-electron chi connectivity index (χ4n) is 10.2. The molecule has 0 unspecified atom stereocenters. The SMILES string of the molecule is CCC(=O)c1cc(Cl)ccn1.CCC(=O)c1cc(Oc2ccc(CC(=O)Cc3ccc(Cl)c(C(F)(F)F)c3)cc2C)ccn1.COC(=O)Cc1ccc(O)c(C)c1.COc1ccc(CC#N)cc1C.Cc1cc(CC(=O)Cc2ccc(Cl)c(C(F)(F)F)c2)ccc1O.Cc1cc(CC(=O)O)ccc1O.Nc1ccc(Cl)c(C(F)(F)F)c1. The molecule has 0 amide bonds. The van der Waals surface area contributed by atoms with E-state index < -0.39 is 46.2 Å². The van der Waals surface area contributed by atoms with Gasteiger partial charge < -0.3 is 40.4 Å². The number of nitriles is 1. The summed E-state index contributed by atoms with van der Waals surface area (Å²) in [5.41, 5.74) is 11.7. The predicted molar refractivity (Wildman–Crippen MR) is 425 cm³/mol. The lowest BCUT2D eigenvalue weighted by Gasteiger charge is -2.12. The summed E-state index contributed by atoms with van der Waals surface area (Å²) < 4.78 is 129. The van der Waals surface area contributed by atoms with Crippen LogP contribution in [0.3, 0.4) is 0 Å². The van der Waals surface area contributed by atoms with Gasteiger partial charge in [0.15, 0.2) is 11.6 Å². The molecule has 0 radical (unpaired) electrons. The second-order valence-corrected chi connectivity index (χ2v) is 27.1. The zero-order chi connectivity index (χ0) is 86.9. The number of aromatic hydroxyl groups is 3. The van der Waals surface area contributed by atoms with Crippen molar-refractivity contribution in [1.29, 1.82) is 5.26 Å². The Morgan fingerprint density at radius 3 is 1.17 bits per heavy atom. The summed E-state index contributed by atoms with van der Waals surface area (Å²) in [6.45, 7) is 12.6. The average Bonchev–Trinajstić information content (AvgIpc) is 0.825. The van der Waals surface area contributed by atoms with Crippen LogP contribution in [-0.4, -0.2) is 79.7 Å². The highest BCUT2D eigenvalue weighted by atomic mass is 35.5. The molecule has 6 N–H and O–H groups in total. The van der Waals surface area contributed by atoms with Gasteiger partial charge >= 0.3 is 30.5 Å². The number of anilines is 1. The number of halogens is 13. The van der Waals surface area contributed by atoms with Crippen LogP contribution in [0.5, 0.6) is 34.5 Å². The number of esters is 1. The Labute approximate surface area is 684 Å². The number of aryl methyl sites for hydroxylation is 5. The van der Waals surface area contributed by atoms with E-state index in [1.54, 1.807) is 127 Å². The molecular formula is C86H81Cl4F9N4O13. The summed E-state index contributed by atoms with van der Waals surface area (Å²) in [6.07, 6.45) is -9.11. The minimum absolute atomic E-state index is 0.00111. The highest BCUT2D eigenvalue weighted by molar-refractivity contribution is 6.32. The van der Waals surface area contributed by atoms with Crippen LogP contribution >= 0.6 is 46.4 Å². The van der Waals surface area contributed by atoms with Gasteiger partial charge in [0.25, 0.3) is 0 Å². The molecule has 0 fully saturated rings. The van der Waals surface area contributed by atoms with Crippen LogP contribution in [0.4, 0.5) is 45.2 Å². The normalized spacial score (nSPS) is 10.7. The first-order chi connectivity index (χ1) is 54.4. The lowest BCUT2D eigenvalue weighted by atomic mass is 10.00. The summed E-state index contributed by atoms with van der Waals surface area (Å²) in [5, 5.41) is 44.1. The van der Waals surface area contributed by atoms with E-state index in [0.717, 1.165) is 70.0 Å². The number of carbonyl (C=O) groups is 6. The van der Waals surface area contributed by atoms with Gasteiger partial charge in [-0.15, -0.1) is 0 Å². The van der Waals surface area contributed by atoms with Crippen LogP contribution in [-0.2, 0) is 87.4 Å². The zero-order valence-electron chi connectivity index (χ0n) is 64.0. The topological polar surface area (TPSA) is 287 Å². The van der Waals surface area contributed by atoms with Gasteiger partial charge in [0.2, 0.25) is 0 Å². The third-order valence-electron chi connectivity index (χ3n) is 16.2. The van der Waals surface area contributed by atoms with Crippen molar-refractivity contribution >= 4 is 87.2 Å². The van der Waals surface area contributed by atoms with Crippen LogP contribution in [0.25, 0.3) is 0 Å². The number of benzene rings is 8. The number of nitrogens with zero attached hydrogens (tertiary/aromatic N) is 3. The number of carboxylic acids is 1. The number of nitrogen functional groups attached to an aromatic ring is 1. The van der Waals surface area contributed by atoms with Crippen LogP contribution in [0, 0.1) is 45.9 Å². The molecular weight excluding hydrogens is 1610 g/mol. The van der Waals surface area contributed by atoms with Crippen LogP contribution < -0.4 is 15.2 Å². The summed E-state index contributed by atoms with van der Waals surface area (Å²) in [7, 11) is 3.00. The number of hydrogen-bond donors (Lipinski definition) is 5. The summed E-state index contributed by atoms with van der Waals surface area (Å²) >= 11 is 22.1. The molecule has 8 aromatic carbocycles. The summed E-state index contributed by atoms with van der Waals surface area (Å²) in [5.74, 6) is 0.826. The molecule has 2 heterocycles. The second-order valence-electron chi connectivity index (χ2n) is 25.5. The molecule has 614 valence electrons. The molecule has 10 rings (SSSR count). The van der Waals surface area contributed by atoms with Crippen molar-refractivity contribution in [3.63, 3.8) is 0 Å². The van der Waals surface area contributed by atoms with E-state index in [9.17, 15) is 78.5 Å². The minimum Gasteiger partial charge on any atom is -0.508 e. The first-order valence-electron chi connectivity index (χ1n) is 34.8. The smallest absolute Gasteiger partial charge is 0.417 e. The van der Waals surface area contributed by atoms with Gasteiger partial charge in [-0.25, -0.2) is 0 Å². The van der Waals surface area contributed by atoms with Crippen molar-refractivity contribution < 1.29 is 103 Å². The van der Waals surface area contributed by atoms with E-state index in [0.29, 0.717) is 75.0 Å². The molecule has 0 atom stereocenters. The Morgan fingerprint density at radius 1 is 0.440 bits per heavy atom. The number of aliphatic carboxylic acids is 1. The van der Waals surface area contributed by atoms with Crippen LogP contribution in [0.15, 0.2) is 182 Å². The molecule has 30 heteroatoms. The van der Waals surface area contributed by atoms with E-state index in [2.05, 4.69) is 20.8 Å². The zero-order valence-corrected chi connectivity index (χ0v) is 67.0. The maximum absolute atomic E-state index is 13.0. The number of pyridine rings is 2. The lowest BCUT2D eigenvalue weighted by molar-refractivity contribution is -0.140. The van der Waals surface area contributed by atoms with Crippen molar-refractivity contribution in [2.45, 2.75) is 125 Å². The number of Topliss-reactive ketones (excluding diaryl/α,β-unsaturated/α-hetero) is 4. The number of hydrogen-bond acceptors (Lipinski definition) is 16. The maximum Gasteiger partial charge on any atom is 0.417 e. The van der Waals surface area contributed by atoms with Gasteiger partial charge in [0, 0.05) is 67.7 Å². The molecule has 10 aromatic rings. The van der Waals surface area contributed by atoms with Crippen LogP contribution in [0.1, 0.15) is 131 Å². The third kappa shape index (κ3) is 33.5.